The number of benzene rings is 1. The van der Waals surface area contributed by atoms with E-state index >= 15 is 0 Å². The van der Waals surface area contributed by atoms with Crippen LogP contribution in [0.5, 0.6) is 0 Å². The van der Waals surface area contributed by atoms with Crippen LogP contribution < -0.4 is 4.90 Å². The van der Waals surface area contributed by atoms with Crippen LogP contribution in [0.4, 0.5) is 11.4 Å². The number of hydrogen-bond acceptors (Lipinski definition) is 5. The molecule has 1 aromatic carbocycles. The summed E-state index contributed by atoms with van der Waals surface area (Å²) in [5.41, 5.74) is 1.31. The molecule has 1 saturated heterocycles. The molecule has 1 aliphatic rings. The number of nitro benzene ring substituents is 1. The highest BCUT2D eigenvalue weighted by Crippen LogP contribution is 2.32. The largest absolute Gasteiger partial charge is 0.391 e. The lowest BCUT2D eigenvalue weighted by molar-refractivity contribution is -0.383. The average molecular weight is 273 g/mol. The van der Waals surface area contributed by atoms with Crippen LogP contribution in [0.25, 0.3) is 10.9 Å². The average Bonchev–Trinajstić information content (AvgIpc) is 2.45. The van der Waals surface area contributed by atoms with Crippen LogP contribution in [0.15, 0.2) is 30.5 Å². The van der Waals surface area contributed by atoms with Crippen molar-refractivity contribution in [1.29, 1.82) is 0 Å². The van der Waals surface area contributed by atoms with E-state index in [2.05, 4.69) is 9.88 Å². The van der Waals surface area contributed by atoms with E-state index < -0.39 is 4.92 Å². The van der Waals surface area contributed by atoms with Crippen molar-refractivity contribution in [1.82, 2.24) is 4.98 Å². The quantitative estimate of drug-likeness (QED) is 0.669. The summed E-state index contributed by atoms with van der Waals surface area (Å²) in [6.45, 7) is 1.40. The minimum atomic E-state index is -0.413. The fourth-order valence-electron chi connectivity index (χ4n) is 2.74. The van der Waals surface area contributed by atoms with Gasteiger partial charge < -0.3 is 10.0 Å². The number of β-amino-alcohol motifs (C(OH)–C–C–N with tert-alkyl or cyclic N) is 1. The minimum Gasteiger partial charge on any atom is -0.391 e. The molecule has 2 heterocycles. The number of piperidine rings is 1. The fourth-order valence-corrected chi connectivity index (χ4v) is 2.74. The van der Waals surface area contributed by atoms with Gasteiger partial charge in [-0.1, -0.05) is 12.1 Å². The van der Waals surface area contributed by atoms with Gasteiger partial charge in [0.2, 0.25) is 0 Å². The molecule has 6 nitrogen and oxygen atoms in total. The number of aromatic nitrogens is 1. The first-order valence-electron chi connectivity index (χ1n) is 6.62. The number of pyridine rings is 1. The summed E-state index contributed by atoms with van der Waals surface area (Å²) in [5, 5.41) is 21.6. The van der Waals surface area contributed by atoms with Crippen LogP contribution in [0.1, 0.15) is 12.8 Å². The monoisotopic (exact) mass is 273 g/mol. The van der Waals surface area contributed by atoms with E-state index in [9.17, 15) is 15.2 Å². The molecular formula is C14H15N3O3. The van der Waals surface area contributed by atoms with Gasteiger partial charge in [-0.25, -0.2) is 4.98 Å². The molecule has 0 spiro atoms. The molecule has 2 aromatic rings. The fraction of sp³-hybridized carbons (Fsp3) is 0.357. The predicted molar refractivity (Wildman–Crippen MR) is 75.9 cm³/mol. The first-order chi connectivity index (χ1) is 9.66. The molecule has 20 heavy (non-hydrogen) atoms. The second-order valence-corrected chi connectivity index (χ2v) is 5.00. The van der Waals surface area contributed by atoms with Gasteiger partial charge in [-0.05, 0) is 18.9 Å². The first kappa shape index (κ1) is 12.8. The normalized spacial score (nSPS) is 19.2. The Morgan fingerprint density at radius 3 is 3.00 bits per heavy atom. The topological polar surface area (TPSA) is 79.5 Å². The standard InChI is InChI=1S/C14H15N3O3/c18-10-3-2-8-16(9-10)12-6-7-15-14-11(12)4-1-5-13(14)17(19)20/h1,4-7,10,18H,2-3,8-9H2/t10-/m0/s1. The molecule has 0 saturated carbocycles. The lowest BCUT2D eigenvalue weighted by Gasteiger charge is -2.32. The predicted octanol–water partition coefficient (Wildman–Crippen LogP) is 2.10. The Morgan fingerprint density at radius 1 is 1.40 bits per heavy atom. The van der Waals surface area contributed by atoms with Gasteiger partial charge in [0.15, 0.2) is 0 Å². The van der Waals surface area contributed by atoms with Gasteiger partial charge in [0.25, 0.3) is 5.69 Å². The zero-order valence-electron chi connectivity index (χ0n) is 10.9. The van der Waals surface area contributed by atoms with Crippen molar-refractivity contribution in [2.45, 2.75) is 18.9 Å². The van der Waals surface area contributed by atoms with Gasteiger partial charge in [-0.15, -0.1) is 0 Å². The summed E-state index contributed by atoms with van der Waals surface area (Å²) in [6.07, 6.45) is 2.97. The Bertz CT molecular complexity index is 659. The molecule has 1 aliphatic heterocycles. The maximum atomic E-state index is 11.1. The van der Waals surface area contributed by atoms with Crippen molar-refractivity contribution in [3.63, 3.8) is 0 Å². The minimum absolute atomic E-state index is 0.0157. The van der Waals surface area contributed by atoms with E-state index in [-0.39, 0.29) is 11.8 Å². The Labute approximate surface area is 115 Å². The highest BCUT2D eigenvalue weighted by molar-refractivity contribution is 5.96. The second-order valence-electron chi connectivity index (χ2n) is 5.00. The zero-order chi connectivity index (χ0) is 14.1. The van der Waals surface area contributed by atoms with E-state index in [0.29, 0.717) is 12.1 Å². The van der Waals surface area contributed by atoms with Crippen molar-refractivity contribution in [2.75, 3.05) is 18.0 Å². The van der Waals surface area contributed by atoms with Gasteiger partial charge in [0, 0.05) is 36.4 Å². The van der Waals surface area contributed by atoms with E-state index in [0.717, 1.165) is 30.5 Å². The van der Waals surface area contributed by atoms with Crippen LogP contribution in [0.3, 0.4) is 0 Å². The molecule has 3 rings (SSSR count). The molecule has 1 atom stereocenters. The smallest absolute Gasteiger partial charge is 0.295 e. The van der Waals surface area contributed by atoms with Gasteiger partial charge in [0.1, 0.15) is 5.52 Å². The SMILES string of the molecule is O=[N+]([O-])c1cccc2c(N3CCC[C@H](O)C3)ccnc12. The van der Waals surface area contributed by atoms with E-state index in [4.69, 9.17) is 0 Å². The maximum Gasteiger partial charge on any atom is 0.295 e. The molecule has 104 valence electrons. The second kappa shape index (κ2) is 5.05. The molecule has 6 heteroatoms. The molecule has 1 aromatic heterocycles. The van der Waals surface area contributed by atoms with Gasteiger partial charge in [0.05, 0.1) is 11.0 Å². The molecule has 0 aliphatic carbocycles. The number of aliphatic hydroxyl groups excluding tert-OH is 1. The van der Waals surface area contributed by atoms with Crippen molar-refractivity contribution in [3.05, 3.63) is 40.6 Å². The van der Waals surface area contributed by atoms with Crippen LogP contribution in [-0.4, -0.2) is 34.2 Å². The number of non-ortho nitro benzene ring substituents is 1. The number of nitrogens with zero attached hydrogens (tertiary/aromatic N) is 3. The summed E-state index contributed by atoms with van der Waals surface area (Å²) in [6, 6.07) is 6.83. The molecule has 0 radical (unpaired) electrons. The third kappa shape index (κ3) is 2.18. The number of fused-ring (bicyclic) bond motifs is 1. The number of rotatable bonds is 2. The Morgan fingerprint density at radius 2 is 2.25 bits per heavy atom. The molecule has 1 fully saturated rings. The highest BCUT2D eigenvalue weighted by Gasteiger charge is 2.21. The third-order valence-electron chi connectivity index (χ3n) is 3.66. The van der Waals surface area contributed by atoms with Gasteiger partial charge in [-0.3, -0.25) is 10.1 Å². The molecule has 1 N–H and O–H groups in total. The van der Waals surface area contributed by atoms with Gasteiger partial charge in [-0.2, -0.15) is 0 Å². The van der Waals surface area contributed by atoms with Crippen molar-refractivity contribution < 1.29 is 10.0 Å². The summed E-state index contributed by atoms with van der Waals surface area (Å²) >= 11 is 0. The molecule has 0 unspecified atom stereocenters. The summed E-state index contributed by atoms with van der Waals surface area (Å²) in [5.74, 6) is 0. The van der Waals surface area contributed by atoms with Crippen LogP contribution in [0.2, 0.25) is 0 Å². The van der Waals surface area contributed by atoms with Crippen LogP contribution in [-0.2, 0) is 0 Å². The number of para-hydroxylation sites is 1. The molecule has 0 bridgehead atoms. The van der Waals surface area contributed by atoms with E-state index in [1.54, 1.807) is 12.3 Å². The van der Waals surface area contributed by atoms with Crippen LogP contribution >= 0.6 is 0 Å². The summed E-state index contributed by atoms with van der Waals surface area (Å²) in [4.78, 5) is 16.9. The highest BCUT2D eigenvalue weighted by atomic mass is 16.6. The number of nitro groups is 1. The van der Waals surface area contributed by atoms with Gasteiger partial charge >= 0.3 is 0 Å². The lowest BCUT2D eigenvalue weighted by Crippen LogP contribution is -2.38. The third-order valence-corrected chi connectivity index (χ3v) is 3.66. The lowest BCUT2D eigenvalue weighted by atomic mass is 10.1. The Hall–Kier alpha value is -2.21. The zero-order valence-corrected chi connectivity index (χ0v) is 10.9. The Kier molecular flexibility index (Phi) is 3.23. The number of aliphatic hydroxyl groups is 1. The van der Waals surface area contributed by atoms with Crippen molar-refractivity contribution >= 4 is 22.3 Å². The molecular weight excluding hydrogens is 258 g/mol. The summed E-state index contributed by atoms with van der Waals surface area (Å²) in [7, 11) is 0. The Balaban J connectivity index is 2.12. The first-order valence-corrected chi connectivity index (χ1v) is 6.62. The van der Waals surface area contributed by atoms with Crippen molar-refractivity contribution in [2.24, 2.45) is 0 Å². The van der Waals surface area contributed by atoms with Crippen LogP contribution in [0, 0.1) is 10.1 Å². The number of hydrogen-bond donors (Lipinski definition) is 1. The summed E-state index contributed by atoms with van der Waals surface area (Å²) < 4.78 is 0. The number of anilines is 1. The van der Waals surface area contributed by atoms with E-state index in [1.165, 1.54) is 6.07 Å². The maximum absolute atomic E-state index is 11.1. The van der Waals surface area contributed by atoms with Crippen molar-refractivity contribution in [3.8, 4) is 0 Å². The van der Waals surface area contributed by atoms with E-state index in [1.807, 2.05) is 12.1 Å². The molecule has 0 amide bonds.